The van der Waals surface area contributed by atoms with Gasteiger partial charge in [0.25, 0.3) is 5.78 Å². The van der Waals surface area contributed by atoms with Gasteiger partial charge in [0.1, 0.15) is 5.75 Å². The lowest BCUT2D eigenvalue weighted by molar-refractivity contribution is -0.0887. The molecule has 0 spiro atoms. The maximum Gasteiger partial charge on any atom is 0.456 e. The Morgan fingerprint density at radius 1 is 1.29 bits per heavy atom. The van der Waals surface area contributed by atoms with Gasteiger partial charge in [0.15, 0.2) is 0 Å². The zero-order valence-electron chi connectivity index (χ0n) is 8.76. The summed E-state index contributed by atoms with van der Waals surface area (Å²) in [6.07, 6.45) is -4.87. The third-order valence-corrected chi connectivity index (χ3v) is 2.33. The van der Waals surface area contributed by atoms with Gasteiger partial charge in [-0.1, -0.05) is 0 Å². The average molecular weight is 243 g/mol. The normalized spacial score (nSPS) is 11.8. The first-order valence-electron chi connectivity index (χ1n) is 4.70. The second kappa shape index (κ2) is 3.80. The molecule has 0 fully saturated rings. The minimum absolute atomic E-state index is 0.457. The van der Waals surface area contributed by atoms with Crippen molar-refractivity contribution in [2.75, 3.05) is 7.11 Å². The number of carbonyl (C=O) groups is 1. The number of rotatable bonds is 2. The minimum Gasteiger partial charge on any atom is -0.497 e. The van der Waals surface area contributed by atoms with Gasteiger partial charge in [0, 0.05) is 10.9 Å². The molecule has 6 heteroatoms. The van der Waals surface area contributed by atoms with Crippen LogP contribution in [0.3, 0.4) is 0 Å². The van der Waals surface area contributed by atoms with E-state index < -0.39 is 17.7 Å². The molecule has 0 aliphatic carbocycles. The number of nitrogens with one attached hydrogen (secondary N) is 1. The van der Waals surface area contributed by atoms with Crippen molar-refractivity contribution < 1.29 is 22.7 Å². The van der Waals surface area contributed by atoms with E-state index in [4.69, 9.17) is 4.74 Å². The van der Waals surface area contributed by atoms with Crippen molar-refractivity contribution in [2.45, 2.75) is 6.18 Å². The number of ether oxygens (including phenoxy) is 1. The van der Waals surface area contributed by atoms with Crippen molar-refractivity contribution in [1.82, 2.24) is 4.98 Å². The Morgan fingerprint density at radius 2 is 2.00 bits per heavy atom. The Hall–Kier alpha value is -1.98. The van der Waals surface area contributed by atoms with Crippen LogP contribution in [0.1, 0.15) is 10.5 Å². The molecule has 0 radical (unpaired) electrons. The zero-order chi connectivity index (χ0) is 12.6. The Balaban J connectivity index is 2.48. The van der Waals surface area contributed by atoms with Crippen LogP contribution in [0, 0.1) is 0 Å². The summed E-state index contributed by atoms with van der Waals surface area (Å²) in [5.41, 5.74) is -0.0147. The van der Waals surface area contributed by atoms with Crippen molar-refractivity contribution in [1.29, 1.82) is 0 Å². The third kappa shape index (κ3) is 2.11. The number of halogens is 3. The fourth-order valence-corrected chi connectivity index (χ4v) is 1.51. The number of methoxy groups -OCH3 is 1. The first-order valence-corrected chi connectivity index (χ1v) is 4.70. The summed E-state index contributed by atoms with van der Waals surface area (Å²) in [6, 6.07) is 5.87. The number of ketones is 1. The van der Waals surface area contributed by atoms with Crippen LogP contribution in [0.5, 0.6) is 5.75 Å². The Kier molecular flexibility index (Phi) is 2.57. The fraction of sp³-hybridized carbons (Fsp3) is 0.182. The van der Waals surface area contributed by atoms with Crippen LogP contribution < -0.4 is 4.74 Å². The number of Topliss-reactive ketones (excluding diaryl/α,β-unsaturated/α-hetero) is 1. The Bertz CT molecular complexity index is 572. The highest BCUT2D eigenvalue weighted by Gasteiger charge is 2.40. The maximum absolute atomic E-state index is 12.2. The summed E-state index contributed by atoms with van der Waals surface area (Å²) in [5.74, 6) is -1.37. The van der Waals surface area contributed by atoms with E-state index in [2.05, 4.69) is 4.98 Å². The lowest BCUT2D eigenvalue weighted by Crippen LogP contribution is -2.22. The van der Waals surface area contributed by atoms with Crippen LogP contribution in [-0.4, -0.2) is 24.1 Å². The van der Waals surface area contributed by atoms with E-state index in [1.54, 1.807) is 18.2 Å². The van der Waals surface area contributed by atoms with Gasteiger partial charge in [-0.05, 0) is 24.3 Å². The molecular weight excluding hydrogens is 235 g/mol. The van der Waals surface area contributed by atoms with Gasteiger partial charge >= 0.3 is 6.18 Å². The van der Waals surface area contributed by atoms with E-state index >= 15 is 0 Å². The van der Waals surface area contributed by atoms with E-state index in [9.17, 15) is 18.0 Å². The van der Waals surface area contributed by atoms with Gasteiger partial charge in [-0.25, -0.2) is 0 Å². The molecule has 1 aromatic carbocycles. The minimum atomic E-state index is -4.87. The molecule has 0 amide bonds. The lowest BCUT2D eigenvalue weighted by atomic mass is 10.2. The van der Waals surface area contributed by atoms with Crippen LogP contribution in [0.4, 0.5) is 13.2 Å². The molecule has 0 aliphatic heterocycles. The van der Waals surface area contributed by atoms with Crippen molar-refractivity contribution in [3.05, 3.63) is 30.0 Å². The van der Waals surface area contributed by atoms with Crippen LogP contribution in [0.15, 0.2) is 24.3 Å². The first-order chi connectivity index (χ1) is 7.91. The molecule has 1 aromatic heterocycles. The van der Waals surface area contributed by atoms with Gasteiger partial charge < -0.3 is 9.72 Å². The van der Waals surface area contributed by atoms with Crippen LogP contribution in [0.25, 0.3) is 10.9 Å². The van der Waals surface area contributed by atoms with Crippen molar-refractivity contribution in [3.8, 4) is 5.75 Å². The van der Waals surface area contributed by atoms with Crippen LogP contribution >= 0.6 is 0 Å². The molecular formula is C11H8F3NO2. The van der Waals surface area contributed by atoms with Crippen LogP contribution in [0.2, 0.25) is 0 Å². The highest BCUT2D eigenvalue weighted by Crippen LogP contribution is 2.26. The number of aromatic amines is 1. The third-order valence-electron chi connectivity index (χ3n) is 2.33. The number of fused-ring (bicyclic) bond motifs is 1. The molecule has 17 heavy (non-hydrogen) atoms. The molecule has 3 nitrogen and oxygen atoms in total. The summed E-state index contributed by atoms with van der Waals surface area (Å²) in [5, 5.41) is 0.497. The monoisotopic (exact) mass is 243 g/mol. The number of alkyl halides is 3. The van der Waals surface area contributed by atoms with E-state index in [0.717, 1.165) is 6.07 Å². The first kappa shape index (κ1) is 11.5. The summed E-state index contributed by atoms with van der Waals surface area (Å²) in [6.45, 7) is 0. The second-order valence-electron chi connectivity index (χ2n) is 3.46. The predicted molar refractivity (Wildman–Crippen MR) is 55.2 cm³/mol. The standard InChI is InChI=1S/C11H8F3NO2/c1-17-7-2-3-8-6(4-7)5-9(15-8)10(16)11(12,13)14/h2-5,15H,1H3. The molecule has 0 saturated heterocycles. The number of H-pyrrole nitrogens is 1. The summed E-state index contributed by atoms with van der Waals surface area (Å²) in [4.78, 5) is 13.4. The Labute approximate surface area is 94.2 Å². The summed E-state index contributed by atoms with van der Waals surface area (Å²) < 4.78 is 41.6. The van der Waals surface area contributed by atoms with Gasteiger partial charge in [0.05, 0.1) is 12.8 Å². The molecule has 0 aliphatic rings. The predicted octanol–water partition coefficient (Wildman–Crippen LogP) is 2.92. The largest absolute Gasteiger partial charge is 0.497 e. The molecule has 0 unspecified atom stereocenters. The Morgan fingerprint density at radius 3 is 2.59 bits per heavy atom. The van der Waals surface area contributed by atoms with E-state index in [1.165, 1.54) is 7.11 Å². The molecule has 1 N–H and O–H groups in total. The molecule has 90 valence electrons. The molecule has 0 atom stereocenters. The van der Waals surface area contributed by atoms with E-state index in [0.29, 0.717) is 16.7 Å². The quantitative estimate of drug-likeness (QED) is 0.824. The molecule has 2 aromatic rings. The zero-order valence-corrected chi connectivity index (χ0v) is 8.76. The maximum atomic E-state index is 12.2. The summed E-state index contributed by atoms with van der Waals surface area (Å²) in [7, 11) is 1.45. The van der Waals surface area contributed by atoms with Gasteiger partial charge in [-0.15, -0.1) is 0 Å². The molecule has 0 bridgehead atoms. The number of carbonyl (C=O) groups excluding carboxylic acids is 1. The van der Waals surface area contributed by atoms with E-state index in [1.807, 2.05) is 0 Å². The molecule has 2 rings (SSSR count). The van der Waals surface area contributed by atoms with Crippen molar-refractivity contribution >= 4 is 16.7 Å². The number of hydrogen-bond donors (Lipinski definition) is 1. The highest BCUT2D eigenvalue weighted by molar-refractivity contribution is 6.02. The van der Waals surface area contributed by atoms with Crippen molar-refractivity contribution in [3.63, 3.8) is 0 Å². The highest BCUT2D eigenvalue weighted by atomic mass is 19.4. The second-order valence-corrected chi connectivity index (χ2v) is 3.46. The lowest BCUT2D eigenvalue weighted by Gasteiger charge is -2.01. The molecule has 0 saturated carbocycles. The fourth-order valence-electron chi connectivity index (χ4n) is 1.51. The topological polar surface area (TPSA) is 42.1 Å². The number of aromatic nitrogens is 1. The van der Waals surface area contributed by atoms with Gasteiger partial charge in [0.2, 0.25) is 0 Å². The van der Waals surface area contributed by atoms with Crippen molar-refractivity contribution in [2.24, 2.45) is 0 Å². The van der Waals surface area contributed by atoms with Gasteiger partial charge in [-0.2, -0.15) is 13.2 Å². The van der Waals surface area contributed by atoms with Crippen LogP contribution in [-0.2, 0) is 0 Å². The smallest absolute Gasteiger partial charge is 0.456 e. The average Bonchev–Trinajstić information content (AvgIpc) is 2.68. The number of benzene rings is 1. The SMILES string of the molecule is COc1ccc2[nH]c(C(=O)C(F)(F)F)cc2c1. The van der Waals surface area contributed by atoms with Gasteiger partial charge in [-0.3, -0.25) is 4.79 Å². The molecule has 1 heterocycles. The number of hydrogen-bond acceptors (Lipinski definition) is 2. The summed E-state index contributed by atoms with van der Waals surface area (Å²) >= 11 is 0. The van der Waals surface area contributed by atoms with E-state index in [-0.39, 0.29) is 0 Å².